The minimum Gasteiger partial charge on any atom is -0.521 e. The van der Waals surface area contributed by atoms with Crippen molar-refractivity contribution in [2.75, 3.05) is 0 Å². The standard InChI is InChI=1S/C10H5O8.Ir/c11-7(12)3-1-2-4(8(13)14)6(10(17)18)5(3)9(15)16;/h1H,(H,11,12)(H,13,14)(H,15,16)(H,17,18);/q-1;. The molecule has 8 nitrogen and oxygen atoms in total. The Morgan fingerprint density at radius 1 is 0.789 bits per heavy atom. The van der Waals surface area contributed by atoms with Gasteiger partial charge in [0.2, 0.25) is 5.97 Å². The van der Waals surface area contributed by atoms with E-state index in [0.717, 1.165) is 0 Å². The van der Waals surface area contributed by atoms with Gasteiger partial charge in [0.15, 0.2) is 0 Å². The van der Waals surface area contributed by atoms with E-state index in [1.54, 1.807) is 0 Å². The van der Waals surface area contributed by atoms with Crippen molar-refractivity contribution >= 4 is 23.9 Å². The number of aromatic carboxylic acids is 4. The molecule has 0 bridgehead atoms. The zero-order valence-corrected chi connectivity index (χ0v) is 11.2. The Kier molecular flexibility index (Phi) is 5.35. The molecule has 0 heterocycles. The van der Waals surface area contributed by atoms with E-state index in [4.69, 9.17) is 20.4 Å². The van der Waals surface area contributed by atoms with Gasteiger partial charge in [-0.25, -0.2) is 4.79 Å². The largest absolute Gasteiger partial charge is 0.521 e. The van der Waals surface area contributed by atoms with E-state index in [9.17, 15) is 19.2 Å². The second-order valence-corrected chi connectivity index (χ2v) is 3.05. The smallest absolute Gasteiger partial charge is 0.318 e. The molecule has 0 aliphatic carbocycles. The minimum absolute atomic E-state index is 0. The molecule has 1 aromatic rings. The molecule has 0 spiro atoms. The van der Waals surface area contributed by atoms with Crippen LogP contribution in [-0.4, -0.2) is 44.3 Å². The van der Waals surface area contributed by atoms with Gasteiger partial charge in [0.25, 0.3) is 11.9 Å². The molecule has 0 atom stereocenters. The average molecular weight is 445 g/mol. The van der Waals surface area contributed by atoms with Crippen molar-refractivity contribution in [3.8, 4) is 0 Å². The maximum Gasteiger partial charge on any atom is 0.318 e. The Hall–Kier alpha value is -2.25. The molecular weight excluding hydrogens is 440 g/mol. The number of hydrogen-bond acceptors (Lipinski definition) is 4. The number of carbonyl (C=O) groups is 4. The number of rotatable bonds is 4. The van der Waals surface area contributed by atoms with E-state index in [0.29, 0.717) is 6.07 Å². The number of carboxylic acids is 4. The quantitative estimate of drug-likeness (QED) is 0.483. The van der Waals surface area contributed by atoms with Crippen LogP contribution in [0.3, 0.4) is 0 Å². The second-order valence-electron chi connectivity index (χ2n) is 3.05. The molecule has 0 saturated carbocycles. The first-order valence-electron chi connectivity index (χ1n) is 4.29. The average Bonchev–Trinajstić information content (AvgIpc) is 2.26. The van der Waals surface area contributed by atoms with Crippen LogP contribution in [-0.2, 0) is 20.1 Å². The van der Waals surface area contributed by atoms with Crippen molar-refractivity contribution in [2.45, 2.75) is 0 Å². The van der Waals surface area contributed by atoms with Gasteiger partial charge in [0, 0.05) is 25.7 Å². The summed E-state index contributed by atoms with van der Waals surface area (Å²) in [5, 5.41) is 35.1. The SMILES string of the molecule is O=C(O)c1[c-]cc(C(=O)O)c(C(=O)O)c1C(=O)O.[Ir]. The van der Waals surface area contributed by atoms with Gasteiger partial charge in [-0.3, -0.25) is 9.59 Å². The summed E-state index contributed by atoms with van der Waals surface area (Å²) in [6, 6.07) is 2.55. The Morgan fingerprint density at radius 2 is 1.26 bits per heavy atom. The van der Waals surface area contributed by atoms with Crippen molar-refractivity contribution in [3.05, 3.63) is 34.4 Å². The number of carboxylic acid groups (broad SMARTS) is 4. The summed E-state index contributed by atoms with van der Waals surface area (Å²) in [5.41, 5.74) is -3.96. The summed E-state index contributed by atoms with van der Waals surface area (Å²) in [6.45, 7) is 0. The predicted octanol–water partition coefficient (Wildman–Crippen LogP) is 0.277. The van der Waals surface area contributed by atoms with Crippen molar-refractivity contribution < 1.29 is 59.7 Å². The molecule has 4 N–H and O–H groups in total. The Bertz CT molecular complexity index is 526. The molecule has 103 valence electrons. The Morgan fingerprint density at radius 3 is 1.58 bits per heavy atom. The van der Waals surface area contributed by atoms with Crippen molar-refractivity contribution in [1.82, 2.24) is 0 Å². The van der Waals surface area contributed by atoms with Crippen LogP contribution in [0.15, 0.2) is 6.07 Å². The molecule has 1 rings (SSSR count). The summed E-state index contributed by atoms with van der Waals surface area (Å²) in [4.78, 5) is 43.3. The van der Waals surface area contributed by atoms with Crippen LogP contribution in [0.5, 0.6) is 0 Å². The van der Waals surface area contributed by atoms with E-state index in [1.165, 1.54) is 0 Å². The van der Waals surface area contributed by atoms with Gasteiger partial charge in [0.05, 0.1) is 0 Å². The molecule has 0 aromatic heterocycles. The molecule has 0 amide bonds. The molecule has 0 saturated heterocycles. The van der Waals surface area contributed by atoms with Gasteiger partial charge in [-0.2, -0.15) is 0 Å². The van der Waals surface area contributed by atoms with E-state index in [-0.39, 0.29) is 20.1 Å². The zero-order chi connectivity index (χ0) is 14.0. The van der Waals surface area contributed by atoms with Gasteiger partial charge >= 0.3 is 5.97 Å². The molecule has 0 aliphatic rings. The molecule has 19 heavy (non-hydrogen) atoms. The summed E-state index contributed by atoms with van der Waals surface area (Å²) in [6.07, 6.45) is 0. The molecule has 1 aromatic carbocycles. The summed E-state index contributed by atoms with van der Waals surface area (Å²) in [5.74, 6) is -7.11. The van der Waals surface area contributed by atoms with Crippen LogP contribution < -0.4 is 0 Å². The van der Waals surface area contributed by atoms with Gasteiger partial charge in [-0.1, -0.05) is 5.56 Å². The van der Waals surface area contributed by atoms with Crippen LogP contribution in [0.2, 0.25) is 0 Å². The van der Waals surface area contributed by atoms with Gasteiger partial charge in [-0.15, -0.1) is 12.1 Å². The maximum atomic E-state index is 10.9. The zero-order valence-electron chi connectivity index (χ0n) is 8.83. The molecule has 0 aliphatic heterocycles. The van der Waals surface area contributed by atoms with Gasteiger partial charge < -0.3 is 25.2 Å². The van der Waals surface area contributed by atoms with Crippen LogP contribution in [0, 0.1) is 6.07 Å². The van der Waals surface area contributed by atoms with Crippen molar-refractivity contribution in [2.24, 2.45) is 0 Å². The third-order valence-corrected chi connectivity index (χ3v) is 2.00. The monoisotopic (exact) mass is 446 g/mol. The first-order valence-corrected chi connectivity index (χ1v) is 4.29. The van der Waals surface area contributed by atoms with Crippen molar-refractivity contribution in [3.63, 3.8) is 0 Å². The molecule has 9 heteroatoms. The minimum atomic E-state index is -1.86. The first-order chi connectivity index (χ1) is 8.27. The van der Waals surface area contributed by atoms with E-state index < -0.39 is 46.1 Å². The van der Waals surface area contributed by atoms with Crippen molar-refractivity contribution in [1.29, 1.82) is 0 Å². The summed E-state index contributed by atoms with van der Waals surface area (Å²) < 4.78 is 0. The third-order valence-electron chi connectivity index (χ3n) is 2.00. The maximum absolute atomic E-state index is 10.9. The topological polar surface area (TPSA) is 149 Å². The van der Waals surface area contributed by atoms with E-state index in [1.807, 2.05) is 6.07 Å². The van der Waals surface area contributed by atoms with Crippen LogP contribution >= 0.6 is 0 Å². The van der Waals surface area contributed by atoms with Gasteiger partial charge in [-0.05, 0) is 11.1 Å². The number of benzene rings is 1. The molecule has 0 unspecified atom stereocenters. The van der Waals surface area contributed by atoms with Crippen LogP contribution in [0.25, 0.3) is 0 Å². The third kappa shape index (κ3) is 3.15. The van der Waals surface area contributed by atoms with Crippen LogP contribution in [0.4, 0.5) is 0 Å². The molecule has 1 radical (unpaired) electrons. The van der Waals surface area contributed by atoms with E-state index in [2.05, 4.69) is 0 Å². The fourth-order valence-electron chi connectivity index (χ4n) is 1.32. The van der Waals surface area contributed by atoms with Gasteiger partial charge in [0.1, 0.15) is 0 Å². The Balaban J connectivity index is 0.00000324. The van der Waals surface area contributed by atoms with E-state index >= 15 is 0 Å². The second kappa shape index (κ2) is 6.07. The number of hydrogen-bond donors (Lipinski definition) is 4. The predicted molar refractivity (Wildman–Crippen MR) is 53.1 cm³/mol. The molecule has 0 fully saturated rings. The summed E-state index contributed by atoms with van der Waals surface area (Å²) in [7, 11) is 0. The fourth-order valence-corrected chi connectivity index (χ4v) is 1.32. The Labute approximate surface area is 118 Å². The fraction of sp³-hybridized carbons (Fsp3) is 0. The summed E-state index contributed by atoms with van der Waals surface area (Å²) >= 11 is 0. The first kappa shape index (κ1) is 16.7. The normalized spacial score (nSPS) is 9.26. The molecular formula is C10H5IrO8-. The van der Waals surface area contributed by atoms with Crippen LogP contribution in [0.1, 0.15) is 41.4 Å².